The number of aromatic carboxylic acids is 2. The van der Waals surface area contributed by atoms with Crippen LogP contribution >= 0.6 is 0 Å². The van der Waals surface area contributed by atoms with E-state index in [1.165, 1.54) is 55.5 Å². The summed E-state index contributed by atoms with van der Waals surface area (Å²) in [5.74, 6) is -2.19. The van der Waals surface area contributed by atoms with Crippen LogP contribution in [0.3, 0.4) is 0 Å². The zero-order valence-corrected chi connectivity index (χ0v) is 52.4. The summed E-state index contributed by atoms with van der Waals surface area (Å²) < 4.78 is 4.19. The summed E-state index contributed by atoms with van der Waals surface area (Å²) in [4.78, 5) is 25.6. The van der Waals surface area contributed by atoms with Gasteiger partial charge < -0.3 is 39.2 Å². The average molecular weight is 1010 g/mol. The van der Waals surface area contributed by atoms with Crippen molar-refractivity contribution in [1.82, 2.24) is 19.4 Å². The van der Waals surface area contributed by atoms with Crippen LogP contribution in [0.5, 0.6) is 0 Å². The fourth-order valence-corrected chi connectivity index (χ4v) is 9.35. The fourth-order valence-electron chi connectivity index (χ4n) is 9.35. The molecule has 0 saturated carbocycles. The molecule has 7 rings (SSSR count). The van der Waals surface area contributed by atoms with Gasteiger partial charge in [-0.05, 0) is 215 Å². The van der Waals surface area contributed by atoms with Gasteiger partial charge in [0.05, 0.1) is 46.5 Å². The molecule has 330 valence electrons. The number of hydrogen-bond donors (Lipinski definition) is 2. The van der Waals surface area contributed by atoms with E-state index in [1.807, 2.05) is 68.4 Å². The molecule has 1 aliphatic heterocycles. The van der Waals surface area contributed by atoms with Gasteiger partial charge in [-0.25, -0.2) is 0 Å². The average Bonchev–Trinajstić information content (AvgIpc) is 3.86. The van der Waals surface area contributed by atoms with Crippen LogP contribution in [0.25, 0.3) is 32.7 Å². The normalized spacial score (nSPS) is 13.2. The maximum Gasteiger partial charge on any atom is 1.00 e. The molecule has 10 nitrogen and oxygen atoms in total. The summed E-state index contributed by atoms with van der Waals surface area (Å²) in [6, 6.07) is 4.14. The molecular weight excluding hydrogens is 944 g/mol. The Morgan fingerprint density at radius 2 is 1.00 bits per heavy atom. The minimum atomic E-state index is -1.24. The number of H-pyrrole nitrogens is 1. The Kier molecular flexibility index (Phi) is 21.0. The van der Waals surface area contributed by atoms with E-state index in [9.17, 15) is 25.1 Å². The Morgan fingerprint density at radius 1 is 0.578 bits per heavy atom. The number of fused-ring (bicyclic) bond motifs is 5. The van der Waals surface area contributed by atoms with E-state index in [0.29, 0.717) is 11.6 Å². The molecule has 1 aliphatic rings. The molecule has 0 bridgehead atoms. The van der Waals surface area contributed by atoms with E-state index in [0.717, 1.165) is 73.8 Å². The molecule has 0 radical (unpaired) electrons. The molecule has 0 aliphatic carbocycles. The predicted molar refractivity (Wildman–Crippen MR) is 249 cm³/mol. The second kappa shape index (κ2) is 23.2. The third kappa shape index (κ3) is 10.6. The van der Waals surface area contributed by atoms with Gasteiger partial charge in [0.2, 0.25) is 0 Å². The van der Waals surface area contributed by atoms with Crippen molar-refractivity contribution in [3.05, 3.63) is 101 Å². The summed E-state index contributed by atoms with van der Waals surface area (Å²) in [7, 11) is 0. The first-order chi connectivity index (χ1) is 28.8. The van der Waals surface area contributed by atoms with Gasteiger partial charge >= 0.3 is 116 Å². The maximum atomic E-state index is 11.6. The molecule has 3 aromatic carbocycles. The molecule has 0 amide bonds. The summed E-state index contributed by atoms with van der Waals surface area (Å²) >= 11 is 0. The Balaban J connectivity index is 0.000000310. The van der Waals surface area contributed by atoms with Gasteiger partial charge in [-0.15, -0.1) is 0 Å². The number of nitrogens with one attached hydrogen (secondary N) is 2. The molecule has 2 N–H and O–H groups in total. The van der Waals surface area contributed by atoms with Crippen molar-refractivity contribution < 1.29 is 136 Å². The van der Waals surface area contributed by atoms with Gasteiger partial charge in [0, 0.05) is 52.4 Å². The zero-order chi connectivity index (χ0) is 47.1. The van der Waals surface area contributed by atoms with E-state index in [-0.39, 0.29) is 134 Å². The number of nitrogens with zero attached hydrogens (tertiary/aromatic N) is 4. The van der Waals surface area contributed by atoms with Crippen molar-refractivity contribution in [2.45, 2.75) is 150 Å². The van der Waals surface area contributed by atoms with Crippen molar-refractivity contribution >= 4 is 44.6 Å². The smallest absolute Gasteiger partial charge is 0.543 e. The van der Waals surface area contributed by atoms with Crippen LogP contribution in [0.15, 0.2) is 0 Å². The molecule has 0 fully saturated rings. The number of hydrogen-bond acceptors (Lipinski definition) is 7. The number of nitriles is 2. The van der Waals surface area contributed by atoms with E-state index >= 15 is 0 Å². The topological polar surface area (TPSA) is 166 Å². The number of carboxylic acid groups (broad SMARTS) is 2. The molecule has 2 atom stereocenters. The summed E-state index contributed by atoms with van der Waals surface area (Å²) in [6.45, 7) is 41.0. The van der Waals surface area contributed by atoms with Crippen molar-refractivity contribution in [1.29, 1.82) is 10.5 Å². The van der Waals surface area contributed by atoms with Crippen LogP contribution in [0.2, 0.25) is 0 Å². The Bertz CT molecular complexity index is 2880. The Labute approximate surface area is 479 Å². The number of carboxylic acids is 2. The summed E-state index contributed by atoms with van der Waals surface area (Å²) in [5.41, 5.74) is 22.8. The number of carbonyl (C=O) groups excluding carboxylic acids is 2. The van der Waals surface area contributed by atoms with Crippen LogP contribution in [0, 0.1) is 132 Å². The second-order valence-corrected chi connectivity index (χ2v) is 17.8. The monoisotopic (exact) mass is 1010 g/mol. The maximum absolute atomic E-state index is 11.6. The molecule has 64 heavy (non-hydrogen) atoms. The third-order valence-corrected chi connectivity index (χ3v) is 14.0. The Hall–Kier alpha value is -2.23. The van der Waals surface area contributed by atoms with Gasteiger partial charge in [-0.2, -0.15) is 10.5 Å². The van der Waals surface area contributed by atoms with Gasteiger partial charge in [-0.1, -0.05) is 0 Å². The van der Waals surface area contributed by atoms with Crippen molar-refractivity contribution in [2.75, 3.05) is 6.54 Å². The third-order valence-electron chi connectivity index (χ3n) is 14.0. The minimum Gasteiger partial charge on any atom is -0.543 e. The molecule has 2 unspecified atom stereocenters. The molecule has 0 spiro atoms. The van der Waals surface area contributed by atoms with Crippen molar-refractivity contribution in [2.24, 2.45) is 5.92 Å². The zero-order valence-electron chi connectivity index (χ0n) is 42.6. The van der Waals surface area contributed by atoms with E-state index in [1.54, 1.807) is 18.4 Å². The number of benzene rings is 3. The number of aromatic amines is 1. The number of aromatic nitrogens is 3. The van der Waals surface area contributed by atoms with Crippen LogP contribution in [0.1, 0.15) is 150 Å². The molecule has 4 heterocycles. The standard InChI is InChI=1S/C17H20N2O2.C17H24N2.C14H17NO2.C4H7N.2Rb/c1-8(7-18)19-15-12(5)10(3)9(2)11(4)14(15)13(6)16(19)17(20)21;1-9-7-18-8-15-14(6)16-12(4)10(2)11(3)13(5)17(16)19(9)15;1-6-7(2)9(4)12-11(8(6)3)10(5)13(15-12)14(16)17;1-4(2)3-5;;/h8H,1-6H3,(H,20,21);9,18H,7-8H2,1-6H3;15H,1-5H3,(H,16,17);4H,1-2H3;;/q;;;;2*+1/p-2. The first-order valence-electron chi connectivity index (χ1n) is 21.5. The largest absolute Gasteiger partial charge is 1.00 e. The van der Waals surface area contributed by atoms with Gasteiger partial charge in [-0.3, -0.25) is 0 Å². The first kappa shape index (κ1) is 57.9. The second-order valence-electron chi connectivity index (χ2n) is 17.8. The number of carbonyl (C=O) groups is 2. The molecular formula is C52H66N6O4Rb2. The van der Waals surface area contributed by atoms with E-state index < -0.39 is 18.0 Å². The van der Waals surface area contributed by atoms with Crippen LogP contribution in [0.4, 0.5) is 0 Å². The summed E-state index contributed by atoms with van der Waals surface area (Å²) in [6.07, 6.45) is 0. The van der Waals surface area contributed by atoms with E-state index in [2.05, 4.69) is 76.3 Å². The van der Waals surface area contributed by atoms with Crippen LogP contribution in [-0.2, 0) is 6.54 Å². The number of rotatable bonds is 3. The first-order valence-corrected chi connectivity index (χ1v) is 21.5. The molecule has 6 aromatic rings. The predicted octanol–water partition coefficient (Wildman–Crippen LogP) is 3.73. The van der Waals surface area contributed by atoms with Crippen molar-refractivity contribution in [3.63, 3.8) is 0 Å². The van der Waals surface area contributed by atoms with Crippen LogP contribution < -0.4 is 132 Å². The van der Waals surface area contributed by atoms with Gasteiger partial charge in [0.1, 0.15) is 6.04 Å². The van der Waals surface area contributed by atoms with Gasteiger partial charge in [0.25, 0.3) is 0 Å². The van der Waals surface area contributed by atoms with Gasteiger partial charge in [0.15, 0.2) is 0 Å². The molecule has 12 heteroatoms. The minimum absolute atomic E-state index is 0. The molecule has 0 saturated heterocycles. The quantitative estimate of drug-likeness (QED) is 0.273. The number of aryl methyl sites for hydroxylation is 9. The fraction of sp³-hybridized carbons (Fsp3) is 0.462. The van der Waals surface area contributed by atoms with Crippen molar-refractivity contribution in [3.8, 4) is 12.1 Å². The molecule has 3 aromatic heterocycles. The Morgan fingerprint density at radius 3 is 1.44 bits per heavy atom. The van der Waals surface area contributed by atoms with Crippen LogP contribution in [-0.4, -0.2) is 32.6 Å². The SMILES string of the molecule is CC(C)C#N.Cc1c(C)c(C)c2c(C)c(C(=O)[O-])[nH]c2c1C.Cc1c(C)c(C)c2c(c1C)c(C)c(C(=O)[O-])n2C(C)C#N.Cc1c(C)c(C)c2c(c1C)c(C)c1n2C(C)CNC1.[Rb+].[Rb+]. The summed E-state index contributed by atoms with van der Waals surface area (Å²) in [5, 5.41) is 46.8. The van der Waals surface area contributed by atoms with E-state index in [4.69, 9.17) is 5.26 Å².